The van der Waals surface area contributed by atoms with Gasteiger partial charge >= 0.3 is 0 Å². The van der Waals surface area contributed by atoms with Crippen molar-refractivity contribution in [2.75, 3.05) is 13.6 Å². The first-order valence-corrected chi connectivity index (χ1v) is 14.2. The monoisotopic (exact) mass is 519 g/mol. The maximum atomic E-state index is 14.3. The number of carbonyl (C=O) groups is 2. The molecule has 0 radical (unpaired) electrons. The van der Waals surface area contributed by atoms with E-state index >= 15 is 0 Å². The normalized spacial score (nSPS) is 12.9. The molecule has 0 aliphatic heterocycles. The molecule has 0 saturated carbocycles. The van der Waals surface area contributed by atoms with Crippen molar-refractivity contribution in [3.05, 3.63) is 65.4 Å². The highest BCUT2D eigenvalue weighted by molar-refractivity contribution is 5.99. The molecular formula is C32H45N3O3. The van der Waals surface area contributed by atoms with E-state index < -0.39 is 5.54 Å². The fraction of sp³-hybridized carbons (Fsp3) is 0.500. The molecule has 1 unspecified atom stereocenters. The van der Waals surface area contributed by atoms with Gasteiger partial charge in [-0.3, -0.25) is 9.59 Å². The predicted molar refractivity (Wildman–Crippen MR) is 155 cm³/mol. The van der Waals surface area contributed by atoms with Crippen LogP contribution in [0.25, 0.3) is 10.9 Å². The smallest absolute Gasteiger partial charge is 0.252 e. The van der Waals surface area contributed by atoms with Gasteiger partial charge in [-0.2, -0.15) is 0 Å². The molecular weight excluding hydrogens is 474 g/mol. The zero-order valence-corrected chi connectivity index (χ0v) is 23.8. The largest absolute Gasteiger partial charge is 0.508 e. The van der Waals surface area contributed by atoms with E-state index in [-0.39, 0.29) is 17.6 Å². The SMILES string of the molecule is CCCCCC(NC(C)=O)(C(=O)N(C)CCCC)c1c(C)n(CCCc2ccccc2)c2ccc(O)cc12. The van der Waals surface area contributed by atoms with Crippen LogP contribution in [0.5, 0.6) is 5.75 Å². The number of fused-ring (bicyclic) bond motifs is 1. The number of hydrogen-bond acceptors (Lipinski definition) is 3. The average Bonchev–Trinajstić information content (AvgIpc) is 3.17. The maximum absolute atomic E-state index is 14.3. The van der Waals surface area contributed by atoms with Crippen LogP contribution in [-0.2, 0) is 28.1 Å². The lowest BCUT2D eigenvalue weighted by molar-refractivity contribution is -0.141. The Balaban J connectivity index is 2.16. The minimum absolute atomic E-state index is 0.0907. The van der Waals surface area contributed by atoms with Crippen molar-refractivity contribution in [3.63, 3.8) is 0 Å². The molecule has 38 heavy (non-hydrogen) atoms. The third-order valence-corrected chi connectivity index (χ3v) is 7.53. The molecule has 0 bridgehead atoms. The van der Waals surface area contributed by atoms with Crippen LogP contribution in [0.4, 0.5) is 0 Å². The molecule has 1 heterocycles. The number of aromatic nitrogens is 1. The number of amides is 2. The number of aryl methyl sites for hydroxylation is 2. The van der Waals surface area contributed by atoms with E-state index in [0.29, 0.717) is 13.0 Å². The summed E-state index contributed by atoms with van der Waals surface area (Å²) >= 11 is 0. The van der Waals surface area contributed by atoms with Gasteiger partial charge in [0.1, 0.15) is 11.3 Å². The highest BCUT2D eigenvalue weighted by Gasteiger charge is 2.45. The minimum atomic E-state index is -1.20. The summed E-state index contributed by atoms with van der Waals surface area (Å²) in [5.74, 6) is -0.174. The summed E-state index contributed by atoms with van der Waals surface area (Å²) < 4.78 is 2.25. The van der Waals surface area contributed by atoms with Crippen molar-refractivity contribution >= 4 is 22.7 Å². The van der Waals surface area contributed by atoms with Gasteiger partial charge in [-0.25, -0.2) is 0 Å². The second-order valence-electron chi connectivity index (χ2n) is 10.5. The van der Waals surface area contributed by atoms with Gasteiger partial charge in [0.15, 0.2) is 0 Å². The number of phenolic OH excluding ortho intramolecular Hbond substituents is 1. The number of phenols is 1. The molecule has 0 fully saturated rings. The number of carbonyl (C=O) groups excluding carboxylic acids is 2. The van der Waals surface area contributed by atoms with E-state index in [4.69, 9.17) is 0 Å². The topological polar surface area (TPSA) is 74.6 Å². The van der Waals surface area contributed by atoms with Gasteiger partial charge < -0.3 is 19.9 Å². The summed E-state index contributed by atoms with van der Waals surface area (Å²) in [6.45, 7) is 9.18. The van der Waals surface area contributed by atoms with Crippen LogP contribution in [0.1, 0.15) is 82.5 Å². The summed E-state index contributed by atoms with van der Waals surface area (Å²) in [6.07, 6.45) is 7.05. The van der Waals surface area contributed by atoms with E-state index in [1.54, 1.807) is 17.0 Å². The molecule has 2 N–H and O–H groups in total. The molecule has 0 aliphatic carbocycles. The molecule has 0 saturated heterocycles. The summed E-state index contributed by atoms with van der Waals surface area (Å²) in [5, 5.41) is 14.5. The molecule has 6 heteroatoms. The quantitative estimate of drug-likeness (QED) is 0.240. The highest BCUT2D eigenvalue weighted by atomic mass is 16.3. The lowest BCUT2D eigenvalue weighted by Crippen LogP contribution is -2.56. The third kappa shape index (κ3) is 6.58. The molecule has 2 amide bonds. The van der Waals surface area contributed by atoms with E-state index in [1.807, 2.05) is 26.1 Å². The first kappa shape index (κ1) is 29.3. The van der Waals surface area contributed by atoms with Gasteiger partial charge in [0.2, 0.25) is 5.91 Å². The fourth-order valence-electron chi connectivity index (χ4n) is 5.66. The number of rotatable bonds is 14. The van der Waals surface area contributed by atoms with Crippen LogP contribution < -0.4 is 5.32 Å². The van der Waals surface area contributed by atoms with Crippen LogP contribution in [0, 0.1) is 6.92 Å². The third-order valence-electron chi connectivity index (χ3n) is 7.53. The molecule has 0 spiro atoms. The Labute approximate surface area is 228 Å². The first-order chi connectivity index (χ1) is 18.2. The second-order valence-corrected chi connectivity index (χ2v) is 10.5. The number of unbranched alkanes of at least 4 members (excludes halogenated alkanes) is 3. The molecule has 0 aliphatic rings. The number of hydrogen-bond donors (Lipinski definition) is 2. The molecule has 3 aromatic rings. The van der Waals surface area contributed by atoms with Gasteiger partial charge in [0, 0.05) is 49.2 Å². The summed E-state index contributed by atoms with van der Waals surface area (Å²) in [6, 6.07) is 15.8. The number of likely N-dealkylation sites (N-methyl/N-ethyl adjacent to an activating group) is 1. The number of aromatic hydroxyl groups is 1. The summed E-state index contributed by atoms with van der Waals surface area (Å²) in [5.41, 5.74) is 2.82. The standard InChI is InChI=1S/C32H45N3O3/c1-6-8-13-20-32(33-25(4)36,31(38)34(5)21-9-7-2)30-24(3)35(29-19-18-27(37)23-28(29)30)22-14-17-26-15-11-10-12-16-26/h10-12,15-16,18-19,23,37H,6-9,13-14,17,20-22H2,1-5H3,(H,33,36). The molecule has 1 atom stereocenters. The minimum Gasteiger partial charge on any atom is -0.508 e. The lowest BCUT2D eigenvalue weighted by atomic mass is 9.81. The number of nitrogens with one attached hydrogen (secondary N) is 1. The van der Waals surface area contributed by atoms with Crippen LogP contribution in [0.15, 0.2) is 48.5 Å². The van der Waals surface area contributed by atoms with Crippen molar-refractivity contribution in [2.24, 2.45) is 0 Å². The van der Waals surface area contributed by atoms with E-state index in [1.165, 1.54) is 12.5 Å². The van der Waals surface area contributed by atoms with Crippen LogP contribution in [-0.4, -0.2) is 40.0 Å². The van der Waals surface area contributed by atoms with Gasteiger partial charge in [0.05, 0.1) is 0 Å². The zero-order chi connectivity index (χ0) is 27.7. The molecule has 1 aromatic heterocycles. The lowest BCUT2D eigenvalue weighted by Gasteiger charge is -2.37. The van der Waals surface area contributed by atoms with Gasteiger partial charge in [-0.15, -0.1) is 0 Å². The Morgan fingerprint density at radius 2 is 1.71 bits per heavy atom. The van der Waals surface area contributed by atoms with Crippen LogP contribution in [0.2, 0.25) is 0 Å². The highest BCUT2D eigenvalue weighted by Crippen LogP contribution is 2.40. The van der Waals surface area contributed by atoms with Crippen molar-refractivity contribution < 1.29 is 14.7 Å². The van der Waals surface area contributed by atoms with Crippen molar-refractivity contribution in [2.45, 2.75) is 91.1 Å². The second kappa shape index (κ2) is 13.5. The van der Waals surface area contributed by atoms with Gasteiger partial charge in [-0.1, -0.05) is 69.9 Å². The van der Waals surface area contributed by atoms with Gasteiger partial charge in [-0.05, 0) is 56.4 Å². The molecule has 206 valence electrons. The Kier molecular flexibility index (Phi) is 10.4. The predicted octanol–water partition coefficient (Wildman–Crippen LogP) is 6.46. The fourth-order valence-corrected chi connectivity index (χ4v) is 5.66. The van der Waals surface area contributed by atoms with E-state index in [2.05, 4.69) is 48.0 Å². The van der Waals surface area contributed by atoms with E-state index in [0.717, 1.165) is 73.7 Å². The summed E-state index contributed by atoms with van der Waals surface area (Å²) in [4.78, 5) is 28.8. The van der Waals surface area contributed by atoms with Crippen LogP contribution >= 0.6 is 0 Å². The van der Waals surface area contributed by atoms with Crippen molar-refractivity contribution in [1.82, 2.24) is 14.8 Å². The maximum Gasteiger partial charge on any atom is 0.252 e. The Morgan fingerprint density at radius 3 is 2.37 bits per heavy atom. The Morgan fingerprint density at radius 1 is 1.00 bits per heavy atom. The molecule has 6 nitrogen and oxygen atoms in total. The average molecular weight is 520 g/mol. The zero-order valence-electron chi connectivity index (χ0n) is 23.8. The molecule has 3 rings (SSSR count). The number of nitrogens with zero attached hydrogens (tertiary/aromatic N) is 2. The first-order valence-electron chi connectivity index (χ1n) is 14.2. The Bertz CT molecular complexity index is 1220. The Hall–Kier alpha value is -3.28. The van der Waals surface area contributed by atoms with Gasteiger partial charge in [0.25, 0.3) is 5.91 Å². The van der Waals surface area contributed by atoms with E-state index in [9.17, 15) is 14.7 Å². The number of benzene rings is 2. The summed E-state index contributed by atoms with van der Waals surface area (Å²) in [7, 11) is 1.83. The van der Waals surface area contributed by atoms with Crippen molar-refractivity contribution in [1.29, 1.82) is 0 Å². The van der Waals surface area contributed by atoms with Crippen molar-refractivity contribution in [3.8, 4) is 5.75 Å². The molecule has 2 aromatic carbocycles. The van der Waals surface area contributed by atoms with Crippen LogP contribution in [0.3, 0.4) is 0 Å².